The first-order chi connectivity index (χ1) is 14.5. The summed E-state index contributed by atoms with van der Waals surface area (Å²) in [5.74, 6) is -1.49. The number of hydrogen-bond acceptors (Lipinski definition) is 3. The molecule has 6 heteroatoms. The van der Waals surface area contributed by atoms with Crippen LogP contribution in [-0.4, -0.2) is 29.1 Å². The van der Waals surface area contributed by atoms with Crippen molar-refractivity contribution >= 4 is 18.0 Å². The van der Waals surface area contributed by atoms with Gasteiger partial charge < -0.3 is 9.88 Å². The summed E-state index contributed by atoms with van der Waals surface area (Å²) in [5.41, 5.74) is 8.61. The van der Waals surface area contributed by atoms with Gasteiger partial charge in [-0.1, -0.05) is 48.5 Å². The minimum absolute atomic E-state index is 0.386. The number of aromatic nitrogens is 1. The van der Waals surface area contributed by atoms with E-state index in [9.17, 15) is 9.59 Å². The summed E-state index contributed by atoms with van der Waals surface area (Å²) in [6, 6.07) is 19.9. The lowest BCUT2D eigenvalue weighted by molar-refractivity contribution is -0.139. The maximum absolute atomic E-state index is 12.0. The summed E-state index contributed by atoms with van der Waals surface area (Å²) >= 11 is 0. The highest BCUT2D eigenvalue weighted by atomic mass is 16.2. The molecule has 2 N–H and O–H groups in total. The average Bonchev–Trinajstić information content (AvgIpc) is 3.02. The monoisotopic (exact) mass is 402 g/mol. The van der Waals surface area contributed by atoms with Gasteiger partial charge in [0.1, 0.15) is 0 Å². The Labute approximate surface area is 176 Å². The van der Waals surface area contributed by atoms with Gasteiger partial charge in [0, 0.05) is 29.2 Å². The van der Waals surface area contributed by atoms with Crippen LogP contribution in [0.1, 0.15) is 28.1 Å². The van der Waals surface area contributed by atoms with E-state index in [-0.39, 0.29) is 0 Å². The Balaban J connectivity index is 1.57. The Morgan fingerprint density at radius 2 is 1.67 bits per heavy atom. The van der Waals surface area contributed by atoms with E-state index in [0.29, 0.717) is 13.0 Å². The SMILES string of the molecule is Cc1ccccc1-n1c(C)cc(/C=N\NC(=O)C(=O)NCCc2ccccc2)c1C. The molecule has 0 saturated carbocycles. The number of benzene rings is 2. The number of hydrogen-bond donors (Lipinski definition) is 2. The van der Waals surface area contributed by atoms with Crippen LogP contribution >= 0.6 is 0 Å². The molecule has 0 saturated heterocycles. The van der Waals surface area contributed by atoms with Gasteiger partial charge in [-0.05, 0) is 50.5 Å². The van der Waals surface area contributed by atoms with Crippen LogP contribution in [0.4, 0.5) is 0 Å². The topological polar surface area (TPSA) is 75.5 Å². The molecule has 3 aromatic rings. The summed E-state index contributed by atoms with van der Waals surface area (Å²) < 4.78 is 2.15. The molecule has 0 atom stereocenters. The predicted molar refractivity (Wildman–Crippen MR) is 119 cm³/mol. The Morgan fingerprint density at radius 1 is 0.967 bits per heavy atom. The van der Waals surface area contributed by atoms with Crippen molar-refractivity contribution in [3.63, 3.8) is 0 Å². The number of nitrogens with zero attached hydrogens (tertiary/aromatic N) is 2. The maximum atomic E-state index is 12.0. The van der Waals surface area contributed by atoms with Crippen molar-refractivity contribution in [2.45, 2.75) is 27.2 Å². The Bertz CT molecular complexity index is 1070. The van der Waals surface area contributed by atoms with Crippen molar-refractivity contribution in [2.24, 2.45) is 5.10 Å². The van der Waals surface area contributed by atoms with Crippen LogP contribution in [0.2, 0.25) is 0 Å². The molecule has 1 aromatic heterocycles. The molecule has 154 valence electrons. The number of para-hydroxylation sites is 1. The molecule has 2 amide bonds. The predicted octanol–water partition coefficient (Wildman–Crippen LogP) is 3.21. The number of nitrogens with one attached hydrogen (secondary N) is 2. The third-order valence-corrected chi connectivity index (χ3v) is 4.94. The minimum Gasteiger partial charge on any atom is -0.347 e. The van der Waals surface area contributed by atoms with E-state index in [1.54, 1.807) is 6.21 Å². The van der Waals surface area contributed by atoms with Crippen LogP contribution < -0.4 is 10.7 Å². The fourth-order valence-electron chi connectivity index (χ4n) is 3.36. The van der Waals surface area contributed by atoms with E-state index >= 15 is 0 Å². The molecule has 0 aliphatic heterocycles. The molecule has 0 aliphatic carbocycles. The highest BCUT2D eigenvalue weighted by molar-refractivity contribution is 6.35. The van der Waals surface area contributed by atoms with E-state index in [2.05, 4.69) is 39.5 Å². The van der Waals surface area contributed by atoms with Crippen molar-refractivity contribution in [2.75, 3.05) is 6.54 Å². The first-order valence-electron chi connectivity index (χ1n) is 9.87. The molecule has 0 spiro atoms. The first kappa shape index (κ1) is 21.0. The zero-order chi connectivity index (χ0) is 21.5. The van der Waals surface area contributed by atoms with Crippen molar-refractivity contribution in [3.05, 3.63) is 88.7 Å². The number of aryl methyl sites for hydroxylation is 2. The Morgan fingerprint density at radius 3 is 2.40 bits per heavy atom. The second-order valence-electron chi connectivity index (χ2n) is 7.14. The molecule has 0 unspecified atom stereocenters. The molecule has 3 rings (SSSR count). The fraction of sp³-hybridized carbons (Fsp3) is 0.208. The highest BCUT2D eigenvalue weighted by Crippen LogP contribution is 2.22. The van der Waals surface area contributed by atoms with Gasteiger partial charge >= 0.3 is 11.8 Å². The molecule has 0 bridgehead atoms. The lowest BCUT2D eigenvalue weighted by atomic mass is 10.1. The van der Waals surface area contributed by atoms with Crippen LogP contribution in [0.15, 0.2) is 65.8 Å². The second kappa shape index (κ2) is 9.69. The smallest absolute Gasteiger partial charge is 0.329 e. The zero-order valence-corrected chi connectivity index (χ0v) is 17.5. The summed E-state index contributed by atoms with van der Waals surface area (Å²) in [7, 11) is 0. The van der Waals surface area contributed by atoms with Crippen LogP contribution in [0.5, 0.6) is 0 Å². The standard InChI is InChI=1S/C24H26N4O2/c1-17-9-7-8-12-22(17)28-18(2)15-21(19(28)3)16-26-27-24(30)23(29)25-14-13-20-10-5-4-6-11-20/h4-12,15-16H,13-14H2,1-3H3,(H,25,29)(H,27,30)/b26-16-. The number of carbonyl (C=O) groups excluding carboxylic acids is 2. The molecular formula is C24H26N4O2. The first-order valence-corrected chi connectivity index (χ1v) is 9.87. The number of hydrazone groups is 1. The van der Waals surface area contributed by atoms with Crippen LogP contribution in [0, 0.1) is 20.8 Å². The lowest BCUT2D eigenvalue weighted by Crippen LogP contribution is -2.38. The second-order valence-corrected chi connectivity index (χ2v) is 7.14. The third-order valence-electron chi connectivity index (χ3n) is 4.94. The van der Waals surface area contributed by atoms with E-state index in [4.69, 9.17) is 0 Å². The minimum atomic E-state index is -0.785. The van der Waals surface area contributed by atoms with E-state index < -0.39 is 11.8 Å². The largest absolute Gasteiger partial charge is 0.347 e. The van der Waals surface area contributed by atoms with E-state index in [1.807, 2.05) is 62.4 Å². The van der Waals surface area contributed by atoms with Crippen LogP contribution in [0.3, 0.4) is 0 Å². The summed E-state index contributed by atoms with van der Waals surface area (Å²) in [5, 5.41) is 6.56. The number of carbonyl (C=O) groups is 2. The van der Waals surface area contributed by atoms with E-state index in [0.717, 1.165) is 28.2 Å². The van der Waals surface area contributed by atoms with Gasteiger partial charge in [-0.25, -0.2) is 5.43 Å². The Kier molecular flexibility index (Phi) is 6.80. The summed E-state index contributed by atoms with van der Waals surface area (Å²) in [4.78, 5) is 23.9. The lowest BCUT2D eigenvalue weighted by Gasteiger charge is -2.12. The van der Waals surface area contributed by atoms with Crippen LogP contribution in [-0.2, 0) is 16.0 Å². The summed E-state index contributed by atoms with van der Waals surface area (Å²) in [6.07, 6.45) is 2.22. The Hall–Kier alpha value is -3.67. The molecular weight excluding hydrogens is 376 g/mol. The summed E-state index contributed by atoms with van der Waals surface area (Å²) in [6.45, 7) is 6.48. The molecule has 0 fully saturated rings. The van der Waals surface area contributed by atoms with Crippen molar-refractivity contribution in [1.82, 2.24) is 15.3 Å². The van der Waals surface area contributed by atoms with Crippen molar-refractivity contribution in [3.8, 4) is 5.69 Å². The maximum Gasteiger partial charge on any atom is 0.329 e. The molecule has 2 aromatic carbocycles. The average molecular weight is 402 g/mol. The number of rotatable bonds is 6. The molecule has 1 heterocycles. The molecule has 0 radical (unpaired) electrons. The quantitative estimate of drug-likeness (QED) is 0.377. The van der Waals surface area contributed by atoms with Crippen molar-refractivity contribution in [1.29, 1.82) is 0 Å². The van der Waals surface area contributed by atoms with Gasteiger partial charge in [0.15, 0.2) is 0 Å². The third kappa shape index (κ3) is 5.03. The normalized spacial score (nSPS) is 10.9. The zero-order valence-electron chi connectivity index (χ0n) is 17.5. The van der Waals surface area contributed by atoms with Gasteiger partial charge in [-0.15, -0.1) is 0 Å². The molecule has 6 nitrogen and oxygen atoms in total. The molecule has 30 heavy (non-hydrogen) atoms. The van der Waals surface area contributed by atoms with Gasteiger partial charge in [0.25, 0.3) is 0 Å². The van der Waals surface area contributed by atoms with E-state index in [1.165, 1.54) is 5.56 Å². The van der Waals surface area contributed by atoms with Gasteiger partial charge in [0.05, 0.1) is 6.21 Å². The van der Waals surface area contributed by atoms with Crippen LogP contribution in [0.25, 0.3) is 5.69 Å². The number of amides is 2. The van der Waals surface area contributed by atoms with Crippen molar-refractivity contribution < 1.29 is 9.59 Å². The van der Waals surface area contributed by atoms with Gasteiger partial charge in [-0.2, -0.15) is 5.10 Å². The molecule has 0 aliphatic rings. The van der Waals surface area contributed by atoms with Gasteiger partial charge in [0.2, 0.25) is 0 Å². The highest BCUT2D eigenvalue weighted by Gasteiger charge is 2.13. The van der Waals surface area contributed by atoms with Gasteiger partial charge in [-0.3, -0.25) is 9.59 Å². The fourth-order valence-corrected chi connectivity index (χ4v) is 3.36.